The molecule has 1 aromatic heterocycles. The summed E-state index contributed by atoms with van der Waals surface area (Å²) in [6.07, 6.45) is -1.13. The third-order valence-electron chi connectivity index (χ3n) is 2.80. The third-order valence-corrected chi connectivity index (χ3v) is 4.11. The van der Waals surface area contributed by atoms with Crippen molar-refractivity contribution in [1.29, 1.82) is 0 Å². The van der Waals surface area contributed by atoms with Gasteiger partial charge in [-0.25, -0.2) is 4.79 Å². The van der Waals surface area contributed by atoms with Gasteiger partial charge in [-0.2, -0.15) is 0 Å². The lowest BCUT2D eigenvalue weighted by molar-refractivity contribution is -0.122. The normalized spacial score (nSPS) is 27.9. The minimum absolute atomic E-state index is 0.154. The summed E-state index contributed by atoms with van der Waals surface area (Å²) in [5.74, 6) is -0.546. The predicted octanol–water partition coefficient (Wildman–Crippen LogP) is 1.84. The monoisotopic (exact) mass is 274 g/mol. The molecule has 2 amide bonds. The van der Waals surface area contributed by atoms with E-state index in [-0.39, 0.29) is 11.9 Å². The van der Waals surface area contributed by atoms with Gasteiger partial charge in [0.1, 0.15) is 0 Å². The van der Waals surface area contributed by atoms with Crippen LogP contribution < -0.4 is 10.6 Å². The average Bonchev–Trinajstić information content (AvgIpc) is 2.77. The highest BCUT2D eigenvalue weighted by molar-refractivity contribution is 7.16. The summed E-state index contributed by atoms with van der Waals surface area (Å²) in [6.45, 7) is 1.70. The first-order valence-electron chi connectivity index (χ1n) is 5.04. The largest absolute Gasteiger partial charge is 0.465 e. The standard InChI is InChI=1S/C10H11ClN2O3S/c1-4-7(13-10(15)16)8(12-9(4)14)5-2-3-6(11)17-5/h2-4,7-8,13H,1H3,(H,12,14)(H,15,16)/t4-,7-,8+/m0/s1. The van der Waals surface area contributed by atoms with Crippen molar-refractivity contribution >= 4 is 34.9 Å². The lowest BCUT2D eigenvalue weighted by Crippen LogP contribution is -2.40. The van der Waals surface area contributed by atoms with Crippen molar-refractivity contribution in [1.82, 2.24) is 10.6 Å². The second-order valence-corrected chi connectivity index (χ2v) is 5.64. The van der Waals surface area contributed by atoms with Crippen LogP contribution >= 0.6 is 22.9 Å². The highest BCUT2D eigenvalue weighted by atomic mass is 35.5. The first-order valence-corrected chi connectivity index (χ1v) is 6.23. The SMILES string of the molecule is C[C@@H]1C(=O)N[C@H](c2ccc(Cl)s2)[C@H]1NC(=O)O. The summed E-state index contributed by atoms with van der Waals surface area (Å²) in [7, 11) is 0. The Balaban J connectivity index is 2.25. The van der Waals surface area contributed by atoms with Crippen molar-refractivity contribution in [3.8, 4) is 0 Å². The van der Waals surface area contributed by atoms with Gasteiger partial charge in [0.05, 0.1) is 22.3 Å². The summed E-state index contributed by atoms with van der Waals surface area (Å²) < 4.78 is 0.614. The third kappa shape index (κ3) is 2.37. The van der Waals surface area contributed by atoms with Crippen LogP contribution in [0.25, 0.3) is 0 Å². The lowest BCUT2D eigenvalue weighted by atomic mass is 9.99. The zero-order chi connectivity index (χ0) is 12.6. The first-order chi connectivity index (χ1) is 7.99. The van der Waals surface area contributed by atoms with E-state index in [0.29, 0.717) is 4.34 Å². The van der Waals surface area contributed by atoms with Crippen molar-refractivity contribution < 1.29 is 14.7 Å². The molecule has 17 heavy (non-hydrogen) atoms. The maximum atomic E-state index is 11.6. The number of halogens is 1. The summed E-state index contributed by atoms with van der Waals surface area (Å²) in [4.78, 5) is 23.2. The van der Waals surface area contributed by atoms with Crippen LogP contribution in [0.2, 0.25) is 4.34 Å². The molecule has 0 saturated carbocycles. The Kier molecular flexibility index (Phi) is 3.26. The topological polar surface area (TPSA) is 78.4 Å². The molecule has 3 N–H and O–H groups in total. The van der Waals surface area contributed by atoms with E-state index in [4.69, 9.17) is 16.7 Å². The van der Waals surface area contributed by atoms with Crippen LogP contribution in [0.5, 0.6) is 0 Å². The number of hydrogen-bond acceptors (Lipinski definition) is 3. The quantitative estimate of drug-likeness (QED) is 0.770. The van der Waals surface area contributed by atoms with Gasteiger partial charge >= 0.3 is 6.09 Å². The summed E-state index contributed by atoms with van der Waals surface area (Å²) in [6, 6.07) is 2.72. The molecular weight excluding hydrogens is 264 g/mol. The van der Waals surface area contributed by atoms with Gasteiger partial charge in [0.25, 0.3) is 0 Å². The fraction of sp³-hybridized carbons (Fsp3) is 0.400. The number of amides is 2. The molecule has 1 aliphatic rings. The lowest BCUT2D eigenvalue weighted by Gasteiger charge is -2.19. The minimum atomic E-state index is -1.13. The number of carboxylic acid groups (broad SMARTS) is 1. The molecule has 0 aromatic carbocycles. The molecule has 0 unspecified atom stereocenters. The smallest absolute Gasteiger partial charge is 0.404 e. The highest BCUT2D eigenvalue weighted by Gasteiger charge is 2.41. The van der Waals surface area contributed by atoms with Gasteiger partial charge in [-0.05, 0) is 12.1 Å². The minimum Gasteiger partial charge on any atom is -0.465 e. The molecule has 3 atom stereocenters. The summed E-state index contributed by atoms with van der Waals surface area (Å²) in [5, 5.41) is 13.9. The van der Waals surface area contributed by atoms with Crippen LogP contribution in [0, 0.1) is 5.92 Å². The molecule has 7 heteroatoms. The Morgan fingerprint density at radius 1 is 1.59 bits per heavy atom. The molecule has 5 nitrogen and oxygen atoms in total. The molecule has 1 aromatic rings. The number of carbonyl (C=O) groups excluding carboxylic acids is 1. The van der Waals surface area contributed by atoms with Crippen LogP contribution in [0.1, 0.15) is 17.8 Å². The maximum Gasteiger partial charge on any atom is 0.404 e. The molecule has 1 aliphatic heterocycles. The number of rotatable bonds is 2. The van der Waals surface area contributed by atoms with E-state index < -0.39 is 18.1 Å². The fourth-order valence-corrected chi connectivity index (χ4v) is 3.08. The summed E-state index contributed by atoms with van der Waals surface area (Å²) >= 11 is 7.17. The summed E-state index contributed by atoms with van der Waals surface area (Å²) in [5.41, 5.74) is 0. The van der Waals surface area contributed by atoms with E-state index in [0.717, 1.165) is 4.88 Å². The van der Waals surface area contributed by atoms with Gasteiger partial charge < -0.3 is 15.7 Å². The number of carbonyl (C=O) groups is 2. The van der Waals surface area contributed by atoms with Crippen molar-refractivity contribution in [2.45, 2.75) is 19.0 Å². The average molecular weight is 275 g/mol. The molecule has 0 aliphatic carbocycles. The van der Waals surface area contributed by atoms with Gasteiger partial charge in [-0.15, -0.1) is 11.3 Å². The highest BCUT2D eigenvalue weighted by Crippen LogP contribution is 2.34. The van der Waals surface area contributed by atoms with Gasteiger partial charge in [0, 0.05) is 4.88 Å². The number of hydrogen-bond donors (Lipinski definition) is 3. The van der Waals surface area contributed by atoms with Crippen molar-refractivity contribution in [2.75, 3.05) is 0 Å². The second kappa shape index (κ2) is 4.54. The molecule has 92 valence electrons. The Labute approximate surface area is 107 Å². The molecule has 2 heterocycles. The van der Waals surface area contributed by atoms with Gasteiger partial charge in [-0.3, -0.25) is 4.79 Å². The molecule has 1 saturated heterocycles. The van der Waals surface area contributed by atoms with Crippen LogP contribution in [0.15, 0.2) is 12.1 Å². The van der Waals surface area contributed by atoms with Gasteiger partial charge in [-0.1, -0.05) is 18.5 Å². The van der Waals surface area contributed by atoms with E-state index in [1.165, 1.54) is 11.3 Å². The van der Waals surface area contributed by atoms with E-state index in [9.17, 15) is 9.59 Å². The van der Waals surface area contributed by atoms with Crippen molar-refractivity contribution in [3.05, 3.63) is 21.3 Å². The van der Waals surface area contributed by atoms with E-state index in [1.54, 1.807) is 19.1 Å². The van der Waals surface area contributed by atoms with Crippen molar-refractivity contribution in [3.63, 3.8) is 0 Å². The maximum absolute atomic E-state index is 11.6. The van der Waals surface area contributed by atoms with Crippen LogP contribution in [-0.2, 0) is 4.79 Å². The van der Waals surface area contributed by atoms with Gasteiger partial charge in [0.15, 0.2) is 0 Å². The molecule has 2 rings (SSSR count). The molecule has 0 radical (unpaired) electrons. The number of nitrogens with one attached hydrogen (secondary N) is 2. The van der Waals surface area contributed by atoms with Gasteiger partial charge in [0.2, 0.25) is 5.91 Å². The predicted molar refractivity (Wildman–Crippen MR) is 64.3 cm³/mol. The molecule has 0 bridgehead atoms. The second-order valence-electron chi connectivity index (χ2n) is 3.89. The zero-order valence-corrected chi connectivity index (χ0v) is 10.5. The van der Waals surface area contributed by atoms with Crippen molar-refractivity contribution in [2.24, 2.45) is 5.92 Å². The zero-order valence-electron chi connectivity index (χ0n) is 8.94. The first kappa shape index (κ1) is 12.2. The van der Waals surface area contributed by atoms with Crippen LogP contribution in [0.3, 0.4) is 0 Å². The molecular formula is C10H11ClN2O3S. The number of thiophene rings is 1. The Morgan fingerprint density at radius 3 is 2.82 bits per heavy atom. The Hall–Kier alpha value is -1.27. The molecule has 1 fully saturated rings. The fourth-order valence-electron chi connectivity index (χ4n) is 1.92. The van der Waals surface area contributed by atoms with E-state index in [2.05, 4.69) is 10.6 Å². The van der Waals surface area contributed by atoms with E-state index >= 15 is 0 Å². The van der Waals surface area contributed by atoms with Crippen LogP contribution in [0.4, 0.5) is 4.79 Å². The molecule has 0 spiro atoms. The van der Waals surface area contributed by atoms with E-state index in [1.807, 2.05) is 0 Å². The van der Waals surface area contributed by atoms with Crippen LogP contribution in [-0.4, -0.2) is 23.1 Å². The Bertz CT molecular complexity index is 462. The Morgan fingerprint density at radius 2 is 2.29 bits per heavy atom.